The summed E-state index contributed by atoms with van der Waals surface area (Å²) in [5.74, 6) is 0.876. The minimum absolute atomic E-state index is 0.0586. The number of carbonyl (C=O) groups excluding carboxylic acids is 1. The van der Waals surface area contributed by atoms with Crippen LogP contribution in [0.3, 0.4) is 0 Å². The molecule has 1 aromatic rings. The Hall–Kier alpha value is -1.59. The van der Waals surface area contributed by atoms with Gasteiger partial charge in [-0.15, -0.1) is 0 Å². The fourth-order valence-corrected chi connectivity index (χ4v) is 2.85. The van der Waals surface area contributed by atoms with Gasteiger partial charge in [0.1, 0.15) is 5.75 Å². The SMILES string of the molecule is CCNC(=O)CCN1CC(O)CC1c1cccc(OC)c1. The van der Waals surface area contributed by atoms with E-state index in [1.807, 2.05) is 31.2 Å². The molecule has 5 nitrogen and oxygen atoms in total. The molecule has 1 aliphatic heterocycles. The molecule has 2 unspecified atom stereocenters. The van der Waals surface area contributed by atoms with Crippen LogP contribution >= 0.6 is 0 Å². The van der Waals surface area contributed by atoms with E-state index < -0.39 is 0 Å². The average Bonchev–Trinajstić information content (AvgIpc) is 2.86. The molecule has 5 heteroatoms. The molecule has 1 heterocycles. The zero-order valence-corrected chi connectivity index (χ0v) is 12.7. The number of nitrogens with zero attached hydrogens (tertiary/aromatic N) is 1. The fraction of sp³-hybridized carbons (Fsp3) is 0.562. The topological polar surface area (TPSA) is 61.8 Å². The van der Waals surface area contributed by atoms with E-state index in [0.717, 1.165) is 11.3 Å². The molecule has 0 spiro atoms. The largest absolute Gasteiger partial charge is 0.497 e. The Kier molecular flexibility index (Phi) is 5.59. The quantitative estimate of drug-likeness (QED) is 0.830. The van der Waals surface area contributed by atoms with Gasteiger partial charge < -0.3 is 15.2 Å². The minimum Gasteiger partial charge on any atom is -0.497 e. The Balaban J connectivity index is 2.03. The predicted molar refractivity (Wildman–Crippen MR) is 81.2 cm³/mol. The first-order valence-corrected chi connectivity index (χ1v) is 7.46. The average molecular weight is 292 g/mol. The van der Waals surface area contributed by atoms with Gasteiger partial charge in [0.05, 0.1) is 13.2 Å². The Morgan fingerprint density at radius 3 is 3.05 bits per heavy atom. The van der Waals surface area contributed by atoms with Crippen LogP contribution in [0, 0.1) is 0 Å². The van der Waals surface area contributed by atoms with Crippen LogP contribution in [0.5, 0.6) is 5.75 Å². The monoisotopic (exact) mass is 292 g/mol. The number of β-amino-alcohol motifs (C(OH)–C–C–N with tert-alkyl or cyclic N) is 1. The Bertz CT molecular complexity index is 478. The van der Waals surface area contributed by atoms with E-state index in [9.17, 15) is 9.90 Å². The lowest BCUT2D eigenvalue weighted by Gasteiger charge is -2.24. The summed E-state index contributed by atoms with van der Waals surface area (Å²) in [4.78, 5) is 13.8. The van der Waals surface area contributed by atoms with E-state index >= 15 is 0 Å². The molecular weight excluding hydrogens is 268 g/mol. The first-order valence-electron chi connectivity index (χ1n) is 7.46. The third-order valence-corrected chi connectivity index (χ3v) is 3.86. The van der Waals surface area contributed by atoms with Gasteiger partial charge in [0.2, 0.25) is 5.91 Å². The molecule has 1 fully saturated rings. The van der Waals surface area contributed by atoms with Gasteiger partial charge in [-0.1, -0.05) is 12.1 Å². The van der Waals surface area contributed by atoms with Crippen LogP contribution in [0.15, 0.2) is 24.3 Å². The van der Waals surface area contributed by atoms with Crippen LogP contribution in [0.25, 0.3) is 0 Å². The van der Waals surface area contributed by atoms with Crippen molar-refractivity contribution < 1.29 is 14.6 Å². The Morgan fingerprint density at radius 1 is 1.52 bits per heavy atom. The van der Waals surface area contributed by atoms with Gasteiger partial charge in [0.25, 0.3) is 0 Å². The molecule has 0 bridgehead atoms. The van der Waals surface area contributed by atoms with Crippen LogP contribution in [0.1, 0.15) is 31.4 Å². The number of amides is 1. The van der Waals surface area contributed by atoms with Crippen molar-refractivity contribution in [2.75, 3.05) is 26.7 Å². The number of aliphatic hydroxyl groups excluding tert-OH is 1. The summed E-state index contributed by atoms with van der Waals surface area (Å²) in [7, 11) is 1.65. The highest BCUT2D eigenvalue weighted by Crippen LogP contribution is 2.33. The van der Waals surface area contributed by atoms with Crippen LogP contribution in [-0.4, -0.2) is 48.8 Å². The van der Waals surface area contributed by atoms with Gasteiger partial charge in [0, 0.05) is 32.1 Å². The summed E-state index contributed by atoms with van der Waals surface area (Å²) in [6, 6.07) is 8.06. The number of nitrogens with one attached hydrogen (secondary N) is 1. The highest BCUT2D eigenvalue weighted by molar-refractivity contribution is 5.75. The van der Waals surface area contributed by atoms with Crippen molar-refractivity contribution in [2.45, 2.75) is 31.9 Å². The number of methoxy groups -OCH3 is 1. The summed E-state index contributed by atoms with van der Waals surface area (Å²) >= 11 is 0. The summed E-state index contributed by atoms with van der Waals surface area (Å²) in [5.41, 5.74) is 1.13. The van der Waals surface area contributed by atoms with Crippen molar-refractivity contribution in [3.8, 4) is 5.75 Å². The molecule has 2 rings (SSSR count). The second-order valence-electron chi connectivity index (χ2n) is 5.38. The molecule has 0 radical (unpaired) electrons. The normalized spacial score (nSPS) is 22.2. The van der Waals surface area contributed by atoms with Crippen molar-refractivity contribution in [3.63, 3.8) is 0 Å². The van der Waals surface area contributed by atoms with E-state index in [2.05, 4.69) is 10.2 Å². The Morgan fingerprint density at radius 2 is 2.33 bits per heavy atom. The lowest BCUT2D eigenvalue weighted by molar-refractivity contribution is -0.121. The molecule has 0 aliphatic carbocycles. The molecule has 21 heavy (non-hydrogen) atoms. The molecule has 0 saturated carbocycles. The Labute approximate surface area is 125 Å². The van der Waals surface area contributed by atoms with Crippen molar-refractivity contribution in [2.24, 2.45) is 0 Å². The van der Waals surface area contributed by atoms with Crippen LogP contribution in [-0.2, 0) is 4.79 Å². The van der Waals surface area contributed by atoms with Crippen molar-refractivity contribution >= 4 is 5.91 Å². The standard InChI is InChI=1S/C16H24N2O3/c1-3-17-16(20)7-8-18-11-13(19)10-15(18)12-5-4-6-14(9-12)21-2/h4-6,9,13,15,19H,3,7-8,10-11H2,1-2H3,(H,17,20). The number of aliphatic hydroxyl groups is 1. The molecule has 2 atom stereocenters. The third-order valence-electron chi connectivity index (χ3n) is 3.86. The molecule has 2 N–H and O–H groups in total. The lowest BCUT2D eigenvalue weighted by Crippen LogP contribution is -2.31. The summed E-state index contributed by atoms with van der Waals surface area (Å²) < 4.78 is 5.26. The molecule has 1 aliphatic rings. The number of ether oxygens (including phenoxy) is 1. The zero-order valence-electron chi connectivity index (χ0n) is 12.7. The van der Waals surface area contributed by atoms with Crippen molar-refractivity contribution in [3.05, 3.63) is 29.8 Å². The molecule has 116 valence electrons. The van der Waals surface area contributed by atoms with Crippen LogP contribution < -0.4 is 10.1 Å². The van der Waals surface area contributed by atoms with Crippen LogP contribution in [0.2, 0.25) is 0 Å². The summed E-state index contributed by atoms with van der Waals surface area (Å²) in [6.07, 6.45) is 0.819. The maximum atomic E-state index is 11.6. The minimum atomic E-state index is -0.338. The lowest BCUT2D eigenvalue weighted by atomic mass is 10.0. The zero-order chi connectivity index (χ0) is 15.2. The van der Waals surface area contributed by atoms with E-state index in [0.29, 0.717) is 32.5 Å². The number of hydrogen-bond donors (Lipinski definition) is 2. The summed E-state index contributed by atoms with van der Waals surface area (Å²) in [6.45, 7) is 3.84. The smallest absolute Gasteiger partial charge is 0.221 e. The molecule has 0 aromatic heterocycles. The van der Waals surface area contributed by atoms with Crippen LogP contribution in [0.4, 0.5) is 0 Å². The fourth-order valence-electron chi connectivity index (χ4n) is 2.85. The highest BCUT2D eigenvalue weighted by atomic mass is 16.5. The van der Waals surface area contributed by atoms with E-state index in [-0.39, 0.29) is 18.1 Å². The third kappa shape index (κ3) is 4.19. The van der Waals surface area contributed by atoms with Gasteiger partial charge in [-0.05, 0) is 31.0 Å². The first-order chi connectivity index (χ1) is 10.1. The molecule has 1 saturated heterocycles. The van der Waals surface area contributed by atoms with Gasteiger partial charge >= 0.3 is 0 Å². The van der Waals surface area contributed by atoms with E-state index in [1.54, 1.807) is 7.11 Å². The van der Waals surface area contributed by atoms with Gasteiger partial charge in [-0.2, -0.15) is 0 Å². The molecule has 1 aromatic carbocycles. The molecule has 1 amide bonds. The number of likely N-dealkylation sites (tertiary alicyclic amines) is 1. The van der Waals surface area contributed by atoms with E-state index in [4.69, 9.17) is 4.74 Å². The van der Waals surface area contributed by atoms with Crippen molar-refractivity contribution in [1.82, 2.24) is 10.2 Å². The maximum absolute atomic E-state index is 11.6. The van der Waals surface area contributed by atoms with Gasteiger partial charge in [0.15, 0.2) is 0 Å². The van der Waals surface area contributed by atoms with Crippen molar-refractivity contribution in [1.29, 1.82) is 0 Å². The first kappa shape index (κ1) is 15.8. The predicted octanol–water partition coefficient (Wildman–Crippen LogP) is 1.33. The summed E-state index contributed by atoms with van der Waals surface area (Å²) in [5, 5.41) is 12.8. The number of carbonyl (C=O) groups is 1. The van der Waals surface area contributed by atoms with Gasteiger partial charge in [-0.3, -0.25) is 9.69 Å². The van der Waals surface area contributed by atoms with E-state index in [1.165, 1.54) is 0 Å². The molecular formula is C16H24N2O3. The highest BCUT2D eigenvalue weighted by Gasteiger charge is 2.32. The second kappa shape index (κ2) is 7.43. The van der Waals surface area contributed by atoms with Gasteiger partial charge in [-0.25, -0.2) is 0 Å². The number of hydrogen-bond acceptors (Lipinski definition) is 4. The second-order valence-corrected chi connectivity index (χ2v) is 5.38. The number of rotatable bonds is 6. The number of benzene rings is 1. The maximum Gasteiger partial charge on any atom is 0.221 e.